The zero-order valence-corrected chi connectivity index (χ0v) is 16.0. The van der Waals surface area contributed by atoms with Crippen LogP contribution in [0.2, 0.25) is 0 Å². The summed E-state index contributed by atoms with van der Waals surface area (Å²) in [6.45, 7) is 5.89. The van der Waals surface area contributed by atoms with Crippen molar-refractivity contribution < 1.29 is 9.59 Å². The van der Waals surface area contributed by atoms with Crippen molar-refractivity contribution in [2.24, 2.45) is 10.9 Å². The van der Waals surface area contributed by atoms with Crippen LogP contribution in [-0.4, -0.2) is 55.9 Å². The van der Waals surface area contributed by atoms with E-state index in [0.717, 1.165) is 18.5 Å². The van der Waals surface area contributed by atoms with Crippen molar-refractivity contribution in [2.75, 3.05) is 27.2 Å². The smallest absolute Gasteiger partial charge is 0.251 e. The molecule has 1 unspecified atom stereocenters. The summed E-state index contributed by atoms with van der Waals surface area (Å²) in [4.78, 5) is 30.0. The van der Waals surface area contributed by atoms with Crippen LogP contribution in [0.15, 0.2) is 29.3 Å². The molecule has 1 saturated heterocycles. The maximum Gasteiger partial charge on any atom is 0.251 e. The van der Waals surface area contributed by atoms with Crippen LogP contribution in [0.3, 0.4) is 0 Å². The predicted octanol–water partition coefficient (Wildman–Crippen LogP) is 0.968. The molecule has 7 heteroatoms. The minimum atomic E-state index is -0.102. The lowest BCUT2D eigenvalue weighted by atomic mass is 10.1. The molecule has 1 fully saturated rings. The zero-order chi connectivity index (χ0) is 19.1. The van der Waals surface area contributed by atoms with E-state index in [4.69, 9.17) is 0 Å². The van der Waals surface area contributed by atoms with Crippen LogP contribution in [0.5, 0.6) is 0 Å². The number of likely N-dealkylation sites (tertiary alicyclic amines) is 1. The molecule has 1 aromatic rings. The lowest BCUT2D eigenvalue weighted by Gasteiger charge is -2.20. The summed E-state index contributed by atoms with van der Waals surface area (Å²) in [5, 5.41) is 9.27. The van der Waals surface area contributed by atoms with Gasteiger partial charge in [-0.25, -0.2) is 0 Å². The van der Waals surface area contributed by atoms with E-state index in [0.29, 0.717) is 24.6 Å². The Morgan fingerprint density at radius 1 is 1.35 bits per heavy atom. The number of aliphatic imine (C=N–C) groups is 1. The first-order valence-corrected chi connectivity index (χ1v) is 9.01. The largest absolute Gasteiger partial charge is 0.355 e. The molecular formula is C19H29N5O2. The quantitative estimate of drug-likeness (QED) is 0.540. The molecule has 3 N–H and O–H groups in total. The van der Waals surface area contributed by atoms with E-state index in [-0.39, 0.29) is 23.8 Å². The summed E-state index contributed by atoms with van der Waals surface area (Å²) >= 11 is 0. The molecule has 2 rings (SSSR count). The third kappa shape index (κ3) is 5.21. The first-order valence-electron chi connectivity index (χ1n) is 9.01. The van der Waals surface area contributed by atoms with Gasteiger partial charge in [0.25, 0.3) is 5.91 Å². The predicted molar refractivity (Wildman–Crippen MR) is 103 cm³/mol. The number of carbonyl (C=O) groups is 2. The highest BCUT2D eigenvalue weighted by molar-refractivity contribution is 5.94. The SMILES string of the molecule is CN=C(NCc1cccc(C(=O)NC)c1)NC1CCN(C(=O)C(C)C)C1. The summed E-state index contributed by atoms with van der Waals surface area (Å²) in [7, 11) is 3.34. The number of hydrogen-bond donors (Lipinski definition) is 3. The molecule has 0 saturated carbocycles. The topological polar surface area (TPSA) is 85.8 Å². The van der Waals surface area contributed by atoms with Crippen LogP contribution in [0.1, 0.15) is 36.2 Å². The van der Waals surface area contributed by atoms with Gasteiger partial charge in [-0.3, -0.25) is 14.6 Å². The van der Waals surface area contributed by atoms with Crippen LogP contribution in [0, 0.1) is 5.92 Å². The maximum absolute atomic E-state index is 12.1. The van der Waals surface area contributed by atoms with E-state index < -0.39 is 0 Å². The van der Waals surface area contributed by atoms with Gasteiger partial charge in [0.2, 0.25) is 5.91 Å². The van der Waals surface area contributed by atoms with Gasteiger partial charge in [0.1, 0.15) is 0 Å². The van der Waals surface area contributed by atoms with Gasteiger partial charge in [-0.05, 0) is 24.1 Å². The Bertz CT molecular complexity index is 672. The lowest BCUT2D eigenvalue weighted by Crippen LogP contribution is -2.45. The molecule has 1 atom stereocenters. The number of rotatable bonds is 5. The first kappa shape index (κ1) is 19.8. The molecule has 26 heavy (non-hydrogen) atoms. The van der Waals surface area contributed by atoms with Gasteiger partial charge in [-0.1, -0.05) is 26.0 Å². The summed E-state index contributed by atoms with van der Waals surface area (Å²) in [5.41, 5.74) is 1.63. The monoisotopic (exact) mass is 359 g/mol. The minimum absolute atomic E-state index is 0.0267. The molecule has 1 aliphatic heterocycles. The molecule has 0 radical (unpaired) electrons. The summed E-state index contributed by atoms with van der Waals surface area (Å²) in [6.07, 6.45) is 0.908. The Labute approximate surface area is 155 Å². The lowest BCUT2D eigenvalue weighted by molar-refractivity contribution is -0.133. The van der Waals surface area contributed by atoms with Crippen LogP contribution in [0.4, 0.5) is 0 Å². The Balaban J connectivity index is 1.87. The zero-order valence-electron chi connectivity index (χ0n) is 16.0. The molecule has 2 amide bonds. The Morgan fingerprint density at radius 3 is 2.77 bits per heavy atom. The average Bonchev–Trinajstić information content (AvgIpc) is 3.12. The van der Waals surface area contributed by atoms with Crippen molar-refractivity contribution in [3.63, 3.8) is 0 Å². The van der Waals surface area contributed by atoms with Crippen LogP contribution in [0.25, 0.3) is 0 Å². The van der Waals surface area contributed by atoms with Gasteiger partial charge in [0.15, 0.2) is 5.96 Å². The van der Waals surface area contributed by atoms with Crippen molar-refractivity contribution in [3.8, 4) is 0 Å². The molecular weight excluding hydrogens is 330 g/mol. The number of benzene rings is 1. The second-order valence-corrected chi connectivity index (χ2v) is 6.77. The molecule has 7 nitrogen and oxygen atoms in total. The van der Waals surface area contributed by atoms with E-state index in [1.807, 2.05) is 36.9 Å². The third-order valence-electron chi connectivity index (χ3n) is 4.43. The number of carbonyl (C=O) groups excluding carboxylic acids is 2. The van der Waals surface area contributed by atoms with Crippen molar-refractivity contribution in [2.45, 2.75) is 32.9 Å². The van der Waals surface area contributed by atoms with E-state index >= 15 is 0 Å². The molecule has 0 aliphatic carbocycles. The van der Waals surface area contributed by atoms with Gasteiger partial charge < -0.3 is 20.9 Å². The molecule has 142 valence electrons. The summed E-state index contributed by atoms with van der Waals surface area (Å²) in [6, 6.07) is 7.67. The highest BCUT2D eigenvalue weighted by Gasteiger charge is 2.27. The number of nitrogens with zero attached hydrogens (tertiary/aromatic N) is 2. The molecule has 1 aliphatic rings. The number of nitrogens with one attached hydrogen (secondary N) is 3. The first-order chi connectivity index (χ1) is 12.4. The van der Waals surface area contributed by atoms with Crippen LogP contribution >= 0.6 is 0 Å². The Hall–Kier alpha value is -2.57. The van der Waals surface area contributed by atoms with E-state index in [9.17, 15) is 9.59 Å². The minimum Gasteiger partial charge on any atom is -0.355 e. The standard InChI is InChI=1S/C19H29N5O2/c1-13(2)18(26)24-9-8-16(12-24)23-19(21-4)22-11-14-6-5-7-15(10-14)17(25)20-3/h5-7,10,13,16H,8-9,11-12H2,1-4H3,(H,20,25)(H2,21,22,23). The molecule has 0 bridgehead atoms. The van der Waals surface area contributed by atoms with E-state index in [1.165, 1.54) is 0 Å². The molecule has 0 aromatic heterocycles. The van der Waals surface area contributed by atoms with Crippen LogP contribution < -0.4 is 16.0 Å². The Morgan fingerprint density at radius 2 is 2.12 bits per heavy atom. The van der Waals surface area contributed by atoms with E-state index in [2.05, 4.69) is 20.9 Å². The van der Waals surface area contributed by atoms with Crippen molar-refractivity contribution in [1.82, 2.24) is 20.9 Å². The fourth-order valence-electron chi connectivity index (χ4n) is 2.98. The maximum atomic E-state index is 12.1. The number of hydrogen-bond acceptors (Lipinski definition) is 3. The number of guanidine groups is 1. The highest BCUT2D eigenvalue weighted by Crippen LogP contribution is 2.12. The van der Waals surface area contributed by atoms with Crippen molar-refractivity contribution >= 4 is 17.8 Å². The van der Waals surface area contributed by atoms with Gasteiger partial charge in [-0.2, -0.15) is 0 Å². The second kappa shape index (κ2) is 9.22. The second-order valence-electron chi connectivity index (χ2n) is 6.77. The van der Waals surface area contributed by atoms with Crippen LogP contribution in [-0.2, 0) is 11.3 Å². The molecule has 0 spiro atoms. The third-order valence-corrected chi connectivity index (χ3v) is 4.43. The van der Waals surface area contributed by atoms with Gasteiger partial charge in [0.05, 0.1) is 0 Å². The average molecular weight is 359 g/mol. The fraction of sp³-hybridized carbons (Fsp3) is 0.526. The number of amides is 2. The van der Waals surface area contributed by atoms with E-state index in [1.54, 1.807) is 20.2 Å². The van der Waals surface area contributed by atoms with Crippen molar-refractivity contribution in [1.29, 1.82) is 0 Å². The highest BCUT2D eigenvalue weighted by atomic mass is 16.2. The molecule has 1 heterocycles. The Kier molecular flexibility index (Phi) is 7.00. The van der Waals surface area contributed by atoms with Gasteiger partial charge in [-0.15, -0.1) is 0 Å². The summed E-state index contributed by atoms with van der Waals surface area (Å²) in [5.74, 6) is 0.816. The summed E-state index contributed by atoms with van der Waals surface area (Å²) < 4.78 is 0. The van der Waals surface area contributed by atoms with Gasteiger partial charge in [0, 0.05) is 51.3 Å². The van der Waals surface area contributed by atoms with Crippen molar-refractivity contribution in [3.05, 3.63) is 35.4 Å². The van der Waals surface area contributed by atoms with Gasteiger partial charge >= 0.3 is 0 Å². The normalized spacial score (nSPS) is 17.3. The fourth-order valence-corrected chi connectivity index (χ4v) is 2.98. The molecule has 1 aromatic carbocycles.